The molecular formula is C26H32ClF6N3O4. The monoisotopic (exact) mass is 599 g/mol. The van der Waals surface area contributed by atoms with E-state index in [1.807, 2.05) is 18.2 Å². The van der Waals surface area contributed by atoms with Gasteiger partial charge in [-0.05, 0) is 74.3 Å². The maximum atomic E-state index is 12.8. The summed E-state index contributed by atoms with van der Waals surface area (Å²) >= 11 is 6.45. The third-order valence-corrected chi connectivity index (χ3v) is 8.63. The summed E-state index contributed by atoms with van der Waals surface area (Å²) in [4.78, 5) is 28.7. The van der Waals surface area contributed by atoms with Crippen molar-refractivity contribution in [2.75, 3.05) is 39.3 Å². The maximum Gasteiger partial charge on any atom is 0.434 e. The number of likely N-dealkylation sites (tertiary alicyclic amines) is 3. The van der Waals surface area contributed by atoms with Crippen molar-refractivity contribution in [3.63, 3.8) is 0 Å². The number of carboxylic acid groups (broad SMARTS) is 1. The summed E-state index contributed by atoms with van der Waals surface area (Å²) in [6, 6.07) is 5.85. The van der Waals surface area contributed by atoms with Crippen LogP contribution in [0.5, 0.6) is 0 Å². The fourth-order valence-corrected chi connectivity index (χ4v) is 6.09. The summed E-state index contributed by atoms with van der Waals surface area (Å²) in [6.45, 7) is 4.17. The Kier molecular flexibility index (Phi) is 9.16. The number of benzene rings is 1. The minimum atomic E-state index is -5.74. The van der Waals surface area contributed by atoms with Gasteiger partial charge in [-0.2, -0.15) is 26.3 Å². The largest absolute Gasteiger partial charge is 0.481 e. The number of hydrogen-bond acceptors (Lipinski definition) is 5. The molecule has 14 heteroatoms. The Hall–Kier alpha value is -2.25. The average molecular weight is 600 g/mol. The highest BCUT2D eigenvalue weighted by molar-refractivity contribution is 6.31. The number of aliphatic carboxylic acids is 1. The molecule has 7 nitrogen and oxygen atoms in total. The zero-order chi connectivity index (χ0) is 29.3. The van der Waals surface area contributed by atoms with Gasteiger partial charge in [0, 0.05) is 37.7 Å². The second kappa shape index (κ2) is 11.9. The molecule has 4 rings (SSSR count). The first kappa shape index (κ1) is 30.7. The number of alkyl halides is 6. The molecule has 3 saturated heterocycles. The van der Waals surface area contributed by atoms with Crippen molar-refractivity contribution in [1.82, 2.24) is 14.7 Å². The predicted octanol–water partition coefficient (Wildman–Crippen LogP) is 5.55. The highest BCUT2D eigenvalue weighted by Crippen LogP contribution is 2.42. The normalized spacial score (nSPS) is 21.4. The molecule has 0 bridgehead atoms. The maximum absolute atomic E-state index is 12.8. The zero-order valence-electron chi connectivity index (χ0n) is 21.7. The van der Waals surface area contributed by atoms with E-state index in [0.29, 0.717) is 63.4 Å². The Labute approximate surface area is 233 Å². The first-order valence-electron chi connectivity index (χ1n) is 13.2. The number of carbonyl (C=O) groups is 2. The Morgan fingerprint density at radius 2 is 1.55 bits per heavy atom. The van der Waals surface area contributed by atoms with Gasteiger partial charge in [0.05, 0.1) is 5.92 Å². The minimum Gasteiger partial charge on any atom is -0.481 e. The van der Waals surface area contributed by atoms with E-state index < -0.39 is 30.5 Å². The van der Waals surface area contributed by atoms with Crippen LogP contribution in [0.3, 0.4) is 0 Å². The number of ether oxygens (including phenoxy) is 1. The van der Waals surface area contributed by atoms with E-state index in [0.717, 1.165) is 29.0 Å². The third kappa shape index (κ3) is 7.52. The number of rotatable bonds is 6. The number of halogens is 7. The Balaban J connectivity index is 1.28. The van der Waals surface area contributed by atoms with E-state index in [2.05, 4.69) is 14.5 Å². The van der Waals surface area contributed by atoms with Gasteiger partial charge in [0.2, 0.25) is 0 Å². The van der Waals surface area contributed by atoms with Gasteiger partial charge in [-0.15, -0.1) is 0 Å². The molecule has 3 heterocycles. The number of carbonyl (C=O) groups excluding carboxylic acids is 1. The molecule has 224 valence electrons. The summed E-state index contributed by atoms with van der Waals surface area (Å²) in [5.74, 6) is -1.07. The van der Waals surface area contributed by atoms with E-state index in [1.165, 1.54) is 0 Å². The van der Waals surface area contributed by atoms with Crippen LogP contribution in [0.4, 0.5) is 31.1 Å². The highest BCUT2D eigenvalue weighted by Gasteiger charge is 2.60. The van der Waals surface area contributed by atoms with E-state index in [4.69, 9.17) is 11.6 Å². The van der Waals surface area contributed by atoms with Crippen molar-refractivity contribution < 1.29 is 45.8 Å². The van der Waals surface area contributed by atoms with Crippen molar-refractivity contribution in [3.8, 4) is 0 Å². The molecule has 0 radical (unpaired) electrons. The van der Waals surface area contributed by atoms with E-state index in [-0.39, 0.29) is 24.4 Å². The lowest BCUT2D eigenvalue weighted by Gasteiger charge is -2.39. The van der Waals surface area contributed by atoms with Gasteiger partial charge in [0.15, 0.2) is 0 Å². The molecule has 0 aromatic heterocycles. The topological polar surface area (TPSA) is 73.3 Å². The molecule has 1 aromatic rings. The first-order valence-corrected chi connectivity index (χ1v) is 13.6. The van der Waals surface area contributed by atoms with Crippen LogP contribution in [0.2, 0.25) is 5.02 Å². The van der Waals surface area contributed by atoms with Gasteiger partial charge in [-0.1, -0.05) is 23.7 Å². The van der Waals surface area contributed by atoms with Crippen LogP contribution >= 0.6 is 11.6 Å². The smallest absolute Gasteiger partial charge is 0.434 e. The molecule has 1 aromatic carbocycles. The van der Waals surface area contributed by atoms with Crippen molar-refractivity contribution in [2.24, 2.45) is 11.3 Å². The molecule has 0 unspecified atom stereocenters. The highest BCUT2D eigenvalue weighted by atomic mass is 35.5. The number of carboxylic acids is 1. The number of amides is 1. The second-order valence-corrected chi connectivity index (χ2v) is 11.5. The Morgan fingerprint density at radius 3 is 2.12 bits per heavy atom. The zero-order valence-corrected chi connectivity index (χ0v) is 22.5. The van der Waals surface area contributed by atoms with Crippen molar-refractivity contribution in [2.45, 2.75) is 63.7 Å². The summed E-state index contributed by atoms with van der Waals surface area (Å²) in [6.07, 6.45) is -14.3. The molecule has 1 amide bonds. The van der Waals surface area contributed by atoms with Gasteiger partial charge in [0.25, 0.3) is 6.10 Å². The third-order valence-electron chi connectivity index (χ3n) is 8.26. The summed E-state index contributed by atoms with van der Waals surface area (Å²) in [5, 5.41) is 9.84. The van der Waals surface area contributed by atoms with Gasteiger partial charge in [-0.25, -0.2) is 4.79 Å². The van der Waals surface area contributed by atoms with Crippen LogP contribution < -0.4 is 0 Å². The lowest BCUT2D eigenvalue weighted by atomic mass is 9.78. The molecule has 3 aliphatic rings. The fourth-order valence-electron chi connectivity index (χ4n) is 5.91. The molecule has 1 spiro atoms. The minimum absolute atomic E-state index is 0.0266. The molecule has 1 N–H and O–H groups in total. The van der Waals surface area contributed by atoms with E-state index in [9.17, 15) is 41.0 Å². The predicted molar refractivity (Wildman–Crippen MR) is 133 cm³/mol. The van der Waals surface area contributed by atoms with E-state index >= 15 is 0 Å². The van der Waals surface area contributed by atoms with Crippen LogP contribution in [0.15, 0.2) is 18.2 Å². The molecule has 3 fully saturated rings. The summed E-state index contributed by atoms with van der Waals surface area (Å²) < 4.78 is 80.4. The van der Waals surface area contributed by atoms with Gasteiger partial charge in [0.1, 0.15) is 0 Å². The molecule has 0 saturated carbocycles. The van der Waals surface area contributed by atoms with E-state index in [1.54, 1.807) is 0 Å². The molecular weight excluding hydrogens is 568 g/mol. The molecule has 3 aliphatic heterocycles. The van der Waals surface area contributed by atoms with Crippen molar-refractivity contribution in [3.05, 3.63) is 34.3 Å². The standard InChI is InChI=1S/C26H32ClF6N3O4/c27-20-2-1-17(13-19(20)15-34-8-3-18(4-9-34)21(37)38)14-35-10-5-24(16-35)6-11-36(12-7-24)23(39)40-22(25(28,29)30)26(31,32)33/h1-2,13,18,22H,3-12,14-16H2,(H,37,38). The second-order valence-electron chi connectivity index (χ2n) is 11.1. The van der Waals surface area contributed by atoms with Crippen LogP contribution in [0, 0.1) is 11.3 Å². The van der Waals surface area contributed by atoms with Crippen LogP contribution in [0.25, 0.3) is 0 Å². The lowest BCUT2D eigenvalue weighted by Crippen LogP contribution is -2.50. The van der Waals surface area contributed by atoms with Crippen molar-refractivity contribution in [1.29, 1.82) is 0 Å². The molecule has 0 aliphatic carbocycles. The van der Waals surface area contributed by atoms with Gasteiger partial charge < -0.3 is 14.7 Å². The van der Waals surface area contributed by atoms with Crippen LogP contribution in [-0.2, 0) is 22.6 Å². The average Bonchev–Trinajstić information content (AvgIpc) is 3.25. The molecule has 0 atom stereocenters. The molecule has 40 heavy (non-hydrogen) atoms. The Bertz CT molecular complexity index is 1060. The van der Waals surface area contributed by atoms with Crippen molar-refractivity contribution >= 4 is 23.7 Å². The summed E-state index contributed by atoms with van der Waals surface area (Å²) in [5.41, 5.74) is 1.85. The van der Waals surface area contributed by atoms with Gasteiger partial charge in [-0.3, -0.25) is 14.6 Å². The van der Waals surface area contributed by atoms with Gasteiger partial charge >= 0.3 is 24.4 Å². The first-order chi connectivity index (χ1) is 18.6. The number of piperidine rings is 2. The fraction of sp³-hybridized carbons (Fsp3) is 0.692. The summed E-state index contributed by atoms with van der Waals surface area (Å²) in [7, 11) is 0. The van der Waals surface area contributed by atoms with Crippen LogP contribution in [0.1, 0.15) is 43.2 Å². The quantitative estimate of drug-likeness (QED) is 0.432. The lowest BCUT2D eigenvalue weighted by molar-refractivity contribution is -0.308. The number of hydrogen-bond donors (Lipinski definition) is 1. The Morgan fingerprint density at radius 1 is 0.950 bits per heavy atom. The SMILES string of the molecule is O=C(O)C1CCN(Cc2cc(CN3CCC4(CCN(C(=O)OC(C(F)(F)F)C(F)(F)F)CC4)C3)ccc2Cl)CC1. The number of nitrogens with zero attached hydrogens (tertiary/aromatic N) is 3. The van der Waals surface area contributed by atoms with Crippen LogP contribution in [-0.4, -0.2) is 89.6 Å².